The molecule has 10 nitrogen and oxygen atoms in total. The summed E-state index contributed by atoms with van der Waals surface area (Å²) in [6.07, 6.45) is -1.67. The van der Waals surface area contributed by atoms with Crippen LogP contribution in [0.1, 0.15) is 21.8 Å². The lowest BCUT2D eigenvalue weighted by Crippen LogP contribution is -2.24. The molecule has 0 radical (unpaired) electrons. The van der Waals surface area contributed by atoms with Crippen molar-refractivity contribution in [2.24, 2.45) is 7.05 Å². The fourth-order valence-electron chi connectivity index (χ4n) is 3.22. The predicted octanol–water partition coefficient (Wildman–Crippen LogP) is 2.84. The Hall–Kier alpha value is -4.29. The molecule has 4 aromatic heterocycles. The summed E-state index contributed by atoms with van der Waals surface area (Å²) in [5.41, 5.74) is 1.13. The van der Waals surface area contributed by atoms with Gasteiger partial charge < -0.3 is 19.4 Å². The molecule has 0 unspecified atom stereocenters. The number of carbonyl (C=O) groups is 1. The van der Waals surface area contributed by atoms with Crippen LogP contribution in [-0.2, 0) is 19.8 Å². The van der Waals surface area contributed by atoms with Crippen LogP contribution in [0.5, 0.6) is 0 Å². The van der Waals surface area contributed by atoms with Gasteiger partial charge in [0.2, 0.25) is 0 Å². The predicted molar refractivity (Wildman–Crippen MR) is 104 cm³/mol. The van der Waals surface area contributed by atoms with Crippen LogP contribution in [0.2, 0.25) is 0 Å². The average molecular weight is 442 g/mol. The first kappa shape index (κ1) is 19.7. The van der Waals surface area contributed by atoms with Crippen molar-refractivity contribution in [1.82, 2.24) is 40.0 Å². The quantitative estimate of drug-likeness (QED) is 0.438. The number of amides is 1. The van der Waals surface area contributed by atoms with Gasteiger partial charge in [0.15, 0.2) is 22.9 Å². The van der Waals surface area contributed by atoms with E-state index in [2.05, 4.69) is 35.4 Å². The van der Waals surface area contributed by atoms with Crippen LogP contribution in [0.15, 0.2) is 41.4 Å². The second kappa shape index (κ2) is 7.14. The van der Waals surface area contributed by atoms with E-state index in [0.29, 0.717) is 22.4 Å². The van der Waals surface area contributed by atoms with E-state index in [1.165, 1.54) is 24.8 Å². The van der Waals surface area contributed by atoms with E-state index < -0.39 is 17.6 Å². The smallest absolute Gasteiger partial charge is 0.359 e. The first-order valence-electron chi connectivity index (χ1n) is 9.23. The minimum absolute atomic E-state index is 0.00757. The third kappa shape index (κ3) is 3.42. The molecule has 0 bridgehead atoms. The third-order valence-corrected chi connectivity index (χ3v) is 4.76. The number of benzene rings is 1. The third-order valence-electron chi connectivity index (χ3n) is 4.76. The summed E-state index contributed by atoms with van der Waals surface area (Å²) in [5.74, 6) is 0.107. The van der Waals surface area contributed by atoms with E-state index in [1.54, 1.807) is 11.6 Å². The number of hydrogen-bond donors (Lipinski definition) is 2. The number of imidazole rings is 2. The summed E-state index contributed by atoms with van der Waals surface area (Å²) < 4.78 is 45.6. The van der Waals surface area contributed by atoms with Gasteiger partial charge in [0.05, 0.1) is 29.5 Å². The molecule has 32 heavy (non-hydrogen) atoms. The van der Waals surface area contributed by atoms with Gasteiger partial charge in [-0.2, -0.15) is 13.2 Å². The molecule has 0 saturated heterocycles. The molecular formula is C19H13F3N8O2. The molecule has 2 N–H and O–H groups in total. The Morgan fingerprint density at radius 2 is 2.06 bits per heavy atom. The Morgan fingerprint density at radius 3 is 2.88 bits per heavy atom. The number of rotatable bonds is 4. The number of aromatic amines is 1. The van der Waals surface area contributed by atoms with E-state index >= 15 is 0 Å². The minimum atomic E-state index is -4.45. The van der Waals surface area contributed by atoms with Gasteiger partial charge in [-0.05, 0) is 18.2 Å². The van der Waals surface area contributed by atoms with Gasteiger partial charge in [-0.3, -0.25) is 4.79 Å². The topological polar surface area (TPSA) is 127 Å². The SMILES string of the molecule is Cn1cnc2ncnc(C(=O)NCc3cc(-c4nc5ccc(C(F)(F)F)cc5[nH]4)no3)c21. The van der Waals surface area contributed by atoms with E-state index in [1.807, 2.05) is 0 Å². The molecule has 0 atom stereocenters. The molecule has 4 heterocycles. The van der Waals surface area contributed by atoms with E-state index in [9.17, 15) is 18.0 Å². The van der Waals surface area contributed by atoms with E-state index in [-0.39, 0.29) is 29.3 Å². The van der Waals surface area contributed by atoms with Crippen LogP contribution in [0.3, 0.4) is 0 Å². The molecule has 1 aromatic carbocycles. The van der Waals surface area contributed by atoms with Crippen molar-refractivity contribution in [3.05, 3.63) is 53.9 Å². The van der Waals surface area contributed by atoms with Gasteiger partial charge >= 0.3 is 6.18 Å². The highest BCUT2D eigenvalue weighted by Gasteiger charge is 2.30. The largest absolute Gasteiger partial charge is 0.416 e. The molecule has 0 aliphatic carbocycles. The molecular weight excluding hydrogens is 429 g/mol. The number of nitrogens with zero attached hydrogens (tertiary/aromatic N) is 6. The number of fused-ring (bicyclic) bond motifs is 2. The lowest BCUT2D eigenvalue weighted by molar-refractivity contribution is -0.137. The van der Waals surface area contributed by atoms with Crippen LogP contribution in [0, 0.1) is 0 Å². The fraction of sp³-hybridized carbons (Fsp3) is 0.158. The highest BCUT2D eigenvalue weighted by Crippen LogP contribution is 2.31. The Labute approximate surface area is 176 Å². The summed E-state index contributed by atoms with van der Waals surface area (Å²) in [5, 5.41) is 6.56. The first-order valence-corrected chi connectivity index (χ1v) is 9.23. The lowest BCUT2D eigenvalue weighted by Gasteiger charge is -2.05. The zero-order valence-electron chi connectivity index (χ0n) is 16.3. The first-order chi connectivity index (χ1) is 15.3. The lowest BCUT2D eigenvalue weighted by atomic mass is 10.2. The zero-order chi connectivity index (χ0) is 22.5. The van der Waals surface area contributed by atoms with Crippen molar-refractivity contribution in [1.29, 1.82) is 0 Å². The Kier molecular flexibility index (Phi) is 4.39. The summed E-state index contributed by atoms with van der Waals surface area (Å²) in [7, 11) is 1.73. The Morgan fingerprint density at radius 1 is 1.22 bits per heavy atom. The number of H-pyrrole nitrogens is 1. The van der Waals surface area contributed by atoms with Crippen LogP contribution in [0.25, 0.3) is 33.7 Å². The molecule has 0 spiro atoms. The molecule has 13 heteroatoms. The number of nitrogens with one attached hydrogen (secondary N) is 2. The van der Waals surface area contributed by atoms with Gasteiger partial charge in [0.25, 0.3) is 5.91 Å². The minimum Gasteiger partial charge on any atom is -0.359 e. The molecule has 5 rings (SSSR count). The van der Waals surface area contributed by atoms with E-state index in [0.717, 1.165) is 12.1 Å². The van der Waals surface area contributed by atoms with Gasteiger partial charge in [-0.1, -0.05) is 5.16 Å². The van der Waals surface area contributed by atoms with Crippen LogP contribution in [-0.4, -0.2) is 40.6 Å². The van der Waals surface area contributed by atoms with Gasteiger partial charge in [-0.25, -0.2) is 19.9 Å². The van der Waals surface area contributed by atoms with Crippen LogP contribution < -0.4 is 5.32 Å². The average Bonchev–Trinajstić information content (AvgIpc) is 3.49. The monoisotopic (exact) mass is 442 g/mol. The molecule has 0 saturated carbocycles. The van der Waals surface area contributed by atoms with Crippen LogP contribution in [0.4, 0.5) is 13.2 Å². The van der Waals surface area contributed by atoms with Crippen molar-refractivity contribution in [2.75, 3.05) is 0 Å². The fourth-order valence-corrected chi connectivity index (χ4v) is 3.22. The van der Waals surface area contributed by atoms with Gasteiger partial charge in [0.1, 0.15) is 17.5 Å². The van der Waals surface area contributed by atoms with Crippen molar-refractivity contribution >= 4 is 28.1 Å². The normalized spacial score (nSPS) is 12.0. The van der Waals surface area contributed by atoms with Gasteiger partial charge in [-0.15, -0.1) is 0 Å². The van der Waals surface area contributed by atoms with Crippen LogP contribution >= 0.6 is 0 Å². The number of aromatic nitrogens is 7. The van der Waals surface area contributed by atoms with E-state index in [4.69, 9.17) is 4.52 Å². The Balaban J connectivity index is 1.34. The number of carbonyl (C=O) groups excluding carboxylic acids is 1. The standard InChI is InChI=1S/C19H13F3N8O2/c1-30-8-26-17-15(30)14(24-7-25-17)18(31)23-6-10-5-13(29-32-10)16-27-11-3-2-9(19(20,21)22)4-12(11)28-16/h2-5,7-8H,6H2,1H3,(H,23,31)(H,27,28). The number of aryl methyl sites for hydroxylation is 1. The molecule has 0 fully saturated rings. The Bertz CT molecular complexity index is 1470. The number of hydrogen-bond acceptors (Lipinski definition) is 7. The molecule has 0 aliphatic rings. The molecule has 162 valence electrons. The highest BCUT2D eigenvalue weighted by molar-refractivity contribution is 6.02. The summed E-state index contributed by atoms with van der Waals surface area (Å²) in [6.45, 7) is 0.00757. The maximum atomic E-state index is 12.9. The number of alkyl halides is 3. The summed E-state index contributed by atoms with van der Waals surface area (Å²) in [4.78, 5) is 31.7. The second-order valence-corrected chi connectivity index (χ2v) is 6.93. The van der Waals surface area contributed by atoms with Crippen molar-refractivity contribution in [3.63, 3.8) is 0 Å². The maximum Gasteiger partial charge on any atom is 0.416 e. The number of halogens is 3. The summed E-state index contributed by atoms with van der Waals surface area (Å²) >= 11 is 0. The van der Waals surface area contributed by atoms with Crippen molar-refractivity contribution in [2.45, 2.75) is 12.7 Å². The van der Waals surface area contributed by atoms with Crippen molar-refractivity contribution < 1.29 is 22.5 Å². The zero-order valence-corrected chi connectivity index (χ0v) is 16.3. The molecule has 1 amide bonds. The second-order valence-electron chi connectivity index (χ2n) is 6.93. The van der Waals surface area contributed by atoms with Crippen molar-refractivity contribution in [3.8, 4) is 11.5 Å². The highest BCUT2D eigenvalue weighted by atomic mass is 19.4. The molecule has 0 aliphatic heterocycles. The molecule has 5 aromatic rings. The summed E-state index contributed by atoms with van der Waals surface area (Å²) in [6, 6.07) is 4.75. The van der Waals surface area contributed by atoms with Gasteiger partial charge in [0, 0.05) is 13.1 Å². The maximum absolute atomic E-state index is 12.9.